The van der Waals surface area contributed by atoms with Crippen LogP contribution in [0.2, 0.25) is 0 Å². The summed E-state index contributed by atoms with van der Waals surface area (Å²) < 4.78 is 5.55. The Labute approximate surface area is 138 Å². The zero-order valence-corrected chi connectivity index (χ0v) is 13.7. The molecule has 1 saturated carbocycles. The third-order valence-electron chi connectivity index (χ3n) is 5.24. The van der Waals surface area contributed by atoms with E-state index in [1.165, 1.54) is 31.2 Å². The molecular weight excluding hydrogens is 290 g/mol. The molecule has 0 radical (unpaired) electrons. The molecule has 1 N–H and O–H groups in total. The highest BCUT2D eigenvalue weighted by molar-refractivity contribution is 5.79. The maximum atomic E-state index is 12.9. The first-order chi connectivity index (χ1) is 11.3. The van der Waals surface area contributed by atoms with Gasteiger partial charge < -0.3 is 14.7 Å². The van der Waals surface area contributed by atoms with Crippen molar-refractivity contribution in [2.24, 2.45) is 11.8 Å². The molecule has 1 aromatic rings. The fourth-order valence-corrected chi connectivity index (χ4v) is 3.92. The van der Waals surface area contributed by atoms with Gasteiger partial charge in [-0.15, -0.1) is 0 Å². The van der Waals surface area contributed by atoms with E-state index in [2.05, 4.69) is 12.1 Å². The molecule has 2 atom stereocenters. The first-order valence-electron chi connectivity index (χ1n) is 8.81. The number of rotatable bonds is 6. The monoisotopic (exact) mass is 317 g/mol. The number of carbonyl (C=O) groups excluding carboxylic acids is 1. The predicted molar refractivity (Wildman–Crippen MR) is 88.7 cm³/mol. The summed E-state index contributed by atoms with van der Waals surface area (Å²) in [6.07, 6.45) is 6.57. The molecule has 2 aliphatic rings. The number of aliphatic hydroxyl groups excluding tert-OH is 1. The maximum Gasteiger partial charge on any atom is 0.230 e. The van der Waals surface area contributed by atoms with Crippen LogP contribution < -0.4 is 0 Å². The van der Waals surface area contributed by atoms with Crippen LogP contribution in [0.5, 0.6) is 0 Å². The molecule has 3 rings (SSSR count). The predicted octanol–water partition coefficient (Wildman–Crippen LogP) is 2.60. The molecule has 0 bridgehead atoms. The quantitative estimate of drug-likeness (QED) is 0.877. The van der Waals surface area contributed by atoms with E-state index >= 15 is 0 Å². The smallest absolute Gasteiger partial charge is 0.230 e. The zero-order chi connectivity index (χ0) is 16.1. The first kappa shape index (κ1) is 16.5. The second kappa shape index (κ2) is 7.93. The average molecular weight is 317 g/mol. The van der Waals surface area contributed by atoms with E-state index in [0.29, 0.717) is 19.3 Å². The van der Waals surface area contributed by atoms with Gasteiger partial charge in [-0.2, -0.15) is 0 Å². The third-order valence-corrected chi connectivity index (χ3v) is 5.24. The van der Waals surface area contributed by atoms with Crippen molar-refractivity contribution in [2.45, 2.75) is 44.6 Å². The van der Waals surface area contributed by atoms with Crippen LogP contribution in [0.25, 0.3) is 0 Å². The molecule has 1 aliphatic heterocycles. The van der Waals surface area contributed by atoms with Crippen molar-refractivity contribution in [1.82, 2.24) is 4.90 Å². The number of nitrogens with zero attached hydrogens (tertiary/aromatic N) is 1. The summed E-state index contributed by atoms with van der Waals surface area (Å²) in [6.45, 7) is 0.892. The van der Waals surface area contributed by atoms with Gasteiger partial charge in [-0.3, -0.25) is 4.79 Å². The Hall–Kier alpha value is -1.39. The van der Waals surface area contributed by atoms with E-state index in [1.807, 2.05) is 23.1 Å². The topological polar surface area (TPSA) is 49.8 Å². The number of ether oxygens (including phenoxy) is 1. The van der Waals surface area contributed by atoms with E-state index in [9.17, 15) is 9.90 Å². The van der Waals surface area contributed by atoms with Gasteiger partial charge in [-0.25, -0.2) is 0 Å². The standard InChI is InChI=1S/C19H27NO3/c21-12-17(10-15-8-4-5-9-15)19(22)20-14-23-13-18(20)11-16-6-2-1-3-7-16/h1-3,6-7,15,17-18,21H,4-5,8-14H2/t17-,18+/m1/s1. The summed E-state index contributed by atoms with van der Waals surface area (Å²) in [5.41, 5.74) is 1.22. The zero-order valence-electron chi connectivity index (χ0n) is 13.7. The van der Waals surface area contributed by atoms with Gasteiger partial charge in [0, 0.05) is 0 Å². The van der Waals surface area contributed by atoms with E-state index in [-0.39, 0.29) is 24.5 Å². The number of amides is 1. The largest absolute Gasteiger partial charge is 0.396 e. The second-order valence-electron chi connectivity index (χ2n) is 6.92. The Morgan fingerprint density at radius 2 is 2.00 bits per heavy atom. The van der Waals surface area contributed by atoms with Crippen LogP contribution in [-0.2, 0) is 16.0 Å². The first-order valence-corrected chi connectivity index (χ1v) is 8.81. The Morgan fingerprint density at radius 1 is 1.26 bits per heavy atom. The van der Waals surface area contributed by atoms with Crippen molar-refractivity contribution in [3.05, 3.63) is 35.9 Å². The Bertz CT molecular complexity index is 499. The Kier molecular flexibility index (Phi) is 5.68. The molecule has 4 heteroatoms. The molecule has 1 heterocycles. The van der Waals surface area contributed by atoms with Crippen LogP contribution in [0.4, 0.5) is 0 Å². The van der Waals surface area contributed by atoms with Crippen LogP contribution in [-0.4, -0.2) is 41.9 Å². The molecule has 0 aromatic heterocycles. The minimum Gasteiger partial charge on any atom is -0.396 e. The lowest BCUT2D eigenvalue weighted by atomic mass is 9.92. The number of carbonyl (C=O) groups is 1. The molecule has 0 spiro atoms. The van der Waals surface area contributed by atoms with Gasteiger partial charge in [0.25, 0.3) is 0 Å². The highest BCUT2D eigenvalue weighted by Crippen LogP contribution is 2.31. The molecule has 1 aliphatic carbocycles. The van der Waals surface area contributed by atoms with Crippen molar-refractivity contribution in [3.63, 3.8) is 0 Å². The number of benzene rings is 1. The van der Waals surface area contributed by atoms with Gasteiger partial charge in [0.05, 0.1) is 25.2 Å². The van der Waals surface area contributed by atoms with Crippen LogP contribution in [0.3, 0.4) is 0 Å². The highest BCUT2D eigenvalue weighted by atomic mass is 16.5. The molecule has 2 fully saturated rings. The Balaban J connectivity index is 1.61. The lowest BCUT2D eigenvalue weighted by Gasteiger charge is -2.27. The van der Waals surface area contributed by atoms with E-state index in [4.69, 9.17) is 4.74 Å². The normalized spacial score (nSPS) is 23.3. The summed E-state index contributed by atoms with van der Waals surface area (Å²) in [5, 5.41) is 9.70. The fraction of sp³-hybridized carbons (Fsp3) is 0.632. The van der Waals surface area contributed by atoms with Crippen molar-refractivity contribution in [1.29, 1.82) is 0 Å². The van der Waals surface area contributed by atoms with Crippen LogP contribution in [0, 0.1) is 11.8 Å². The fourth-order valence-electron chi connectivity index (χ4n) is 3.92. The van der Waals surface area contributed by atoms with Gasteiger partial charge in [-0.1, -0.05) is 56.0 Å². The molecule has 0 unspecified atom stereocenters. The summed E-state index contributed by atoms with van der Waals surface area (Å²) in [7, 11) is 0. The van der Waals surface area contributed by atoms with Gasteiger partial charge in [0.2, 0.25) is 5.91 Å². The molecule has 23 heavy (non-hydrogen) atoms. The summed E-state index contributed by atoms with van der Waals surface area (Å²) in [6, 6.07) is 10.3. The van der Waals surface area contributed by atoms with Crippen LogP contribution >= 0.6 is 0 Å². The van der Waals surface area contributed by atoms with Crippen molar-refractivity contribution >= 4 is 5.91 Å². The van der Waals surface area contributed by atoms with Crippen LogP contribution in [0.15, 0.2) is 30.3 Å². The second-order valence-corrected chi connectivity index (χ2v) is 6.92. The summed E-state index contributed by atoms with van der Waals surface area (Å²) in [5.74, 6) is 0.406. The van der Waals surface area contributed by atoms with Crippen LogP contribution in [0.1, 0.15) is 37.7 Å². The summed E-state index contributed by atoms with van der Waals surface area (Å²) >= 11 is 0. The number of hydrogen-bond acceptors (Lipinski definition) is 3. The highest BCUT2D eigenvalue weighted by Gasteiger charge is 2.35. The lowest BCUT2D eigenvalue weighted by molar-refractivity contribution is -0.139. The molecule has 1 amide bonds. The molecule has 126 valence electrons. The lowest BCUT2D eigenvalue weighted by Crippen LogP contribution is -2.43. The Morgan fingerprint density at radius 3 is 2.70 bits per heavy atom. The SMILES string of the molecule is O=C([C@@H](CO)CC1CCCC1)N1COC[C@@H]1Cc1ccccc1. The average Bonchev–Trinajstić information content (AvgIpc) is 3.24. The van der Waals surface area contributed by atoms with E-state index < -0.39 is 0 Å². The maximum absolute atomic E-state index is 12.9. The third kappa shape index (κ3) is 4.12. The van der Waals surface area contributed by atoms with Crippen molar-refractivity contribution < 1.29 is 14.6 Å². The van der Waals surface area contributed by atoms with Crippen molar-refractivity contribution in [3.8, 4) is 0 Å². The van der Waals surface area contributed by atoms with E-state index in [1.54, 1.807) is 0 Å². The molecule has 1 saturated heterocycles. The molecule has 1 aromatic carbocycles. The van der Waals surface area contributed by atoms with Gasteiger partial charge in [-0.05, 0) is 24.3 Å². The minimum atomic E-state index is -0.266. The van der Waals surface area contributed by atoms with Gasteiger partial charge in [0.1, 0.15) is 6.73 Å². The summed E-state index contributed by atoms with van der Waals surface area (Å²) in [4.78, 5) is 14.7. The number of aliphatic hydroxyl groups is 1. The molecular formula is C19H27NO3. The van der Waals surface area contributed by atoms with Gasteiger partial charge >= 0.3 is 0 Å². The minimum absolute atomic E-state index is 0.0517. The van der Waals surface area contributed by atoms with Crippen molar-refractivity contribution in [2.75, 3.05) is 19.9 Å². The number of hydrogen-bond donors (Lipinski definition) is 1. The van der Waals surface area contributed by atoms with E-state index in [0.717, 1.165) is 12.8 Å². The molecule has 4 nitrogen and oxygen atoms in total. The van der Waals surface area contributed by atoms with Gasteiger partial charge in [0.15, 0.2) is 0 Å².